The Hall–Kier alpha value is -3.68. The first-order valence-corrected chi connectivity index (χ1v) is 9.59. The van der Waals surface area contributed by atoms with E-state index in [0.29, 0.717) is 22.6 Å². The van der Waals surface area contributed by atoms with Crippen molar-refractivity contribution in [3.05, 3.63) is 82.3 Å². The summed E-state index contributed by atoms with van der Waals surface area (Å²) in [6.45, 7) is 3.21. The highest BCUT2D eigenvalue weighted by Gasteiger charge is 2.28. The van der Waals surface area contributed by atoms with Gasteiger partial charge in [0.1, 0.15) is 17.3 Å². The molecule has 8 heteroatoms. The average Bonchev–Trinajstić information content (AvgIpc) is 3.33. The molecule has 0 spiro atoms. The molecule has 0 bridgehead atoms. The number of ether oxygens (including phenoxy) is 1. The molecule has 162 valence electrons. The van der Waals surface area contributed by atoms with Gasteiger partial charge in [0.05, 0.1) is 26.5 Å². The summed E-state index contributed by atoms with van der Waals surface area (Å²) in [6, 6.07) is 8.50. The molecule has 1 amide bonds. The number of hydrogen-bond acceptors (Lipinski definition) is 5. The van der Waals surface area contributed by atoms with Crippen LogP contribution < -0.4 is 0 Å². The molecule has 0 aliphatic carbocycles. The second kappa shape index (κ2) is 8.99. The Morgan fingerprint density at radius 1 is 1.13 bits per heavy atom. The number of esters is 1. The standard InChI is InChI=1S/C23H23FN2O5/c1-14-20(15(2)25(3)21(14)23(29)30-4)19(27)13-26(12-18-6-5-11-31-18)22(28)16-7-9-17(24)10-8-16/h5-11H,12-13H2,1-4H3. The second-order valence-corrected chi connectivity index (χ2v) is 7.16. The van der Waals surface area contributed by atoms with E-state index >= 15 is 0 Å². The number of hydrogen-bond donors (Lipinski definition) is 0. The Kier molecular flexibility index (Phi) is 6.39. The van der Waals surface area contributed by atoms with Gasteiger partial charge in [-0.05, 0) is 55.8 Å². The number of amides is 1. The van der Waals surface area contributed by atoms with Crippen molar-refractivity contribution in [2.75, 3.05) is 13.7 Å². The Labute approximate surface area is 179 Å². The lowest BCUT2D eigenvalue weighted by Gasteiger charge is -2.21. The van der Waals surface area contributed by atoms with Crippen LogP contribution in [0.15, 0.2) is 47.1 Å². The number of furan rings is 1. The van der Waals surface area contributed by atoms with Crippen LogP contribution in [0, 0.1) is 19.7 Å². The summed E-state index contributed by atoms with van der Waals surface area (Å²) >= 11 is 0. The van der Waals surface area contributed by atoms with Crippen molar-refractivity contribution in [1.29, 1.82) is 0 Å². The fourth-order valence-electron chi connectivity index (χ4n) is 3.59. The summed E-state index contributed by atoms with van der Waals surface area (Å²) in [6.07, 6.45) is 1.48. The van der Waals surface area contributed by atoms with Crippen molar-refractivity contribution in [2.24, 2.45) is 7.05 Å². The third kappa shape index (κ3) is 4.42. The van der Waals surface area contributed by atoms with Crippen molar-refractivity contribution in [2.45, 2.75) is 20.4 Å². The first-order valence-electron chi connectivity index (χ1n) is 9.59. The maximum atomic E-state index is 13.3. The number of Topliss-reactive ketones (excluding diaryl/α,β-unsaturated/α-hetero) is 1. The SMILES string of the molecule is COC(=O)c1c(C)c(C(=O)CN(Cc2ccco2)C(=O)c2ccc(F)cc2)c(C)n1C. The fraction of sp³-hybridized carbons (Fsp3) is 0.261. The molecule has 0 fully saturated rings. The molecule has 0 aliphatic heterocycles. The quantitative estimate of drug-likeness (QED) is 0.425. The van der Waals surface area contributed by atoms with Crippen molar-refractivity contribution in [1.82, 2.24) is 9.47 Å². The fourth-order valence-corrected chi connectivity index (χ4v) is 3.59. The number of aromatic nitrogens is 1. The van der Waals surface area contributed by atoms with Gasteiger partial charge in [-0.2, -0.15) is 0 Å². The smallest absolute Gasteiger partial charge is 0.354 e. The highest BCUT2D eigenvalue weighted by atomic mass is 19.1. The van der Waals surface area contributed by atoms with Gasteiger partial charge in [0.2, 0.25) is 0 Å². The summed E-state index contributed by atoms with van der Waals surface area (Å²) in [5, 5.41) is 0. The van der Waals surface area contributed by atoms with Crippen LogP contribution in [0.5, 0.6) is 0 Å². The molecule has 0 radical (unpaired) electrons. The molecule has 3 aromatic rings. The van der Waals surface area contributed by atoms with Crippen molar-refractivity contribution < 1.29 is 27.9 Å². The molecular formula is C23H23FN2O5. The molecule has 0 saturated heterocycles. The molecule has 0 aliphatic rings. The van der Waals surface area contributed by atoms with E-state index in [2.05, 4.69) is 0 Å². The van der Waals surface area contributed by atoms with E-state index in [1.807, 2.05) is 0 Å². The third-order valence-corrected chi connectivity index (χ3v) is 5.23. The van der Waals surface area contributed by atoms with Gasteiger partial charge in [-0.25, -0.2) is 9.18 Å². The van der Waals surface area contributed by atoms with Crippen LogP contribution in [0.3, 0.4) is 0 Å². The minimum absolute atomic E-state index is 0.0593. The lowest BCUT2D eigenvalue weighted by molar-refractivity contribution is 0.0588. The molecule has 2 heterocycles. The van der Waals surface area contributed by atoms with Crippen LogP contribution >= 0.6 is 0 Å². The molecule has 1 aromatic carbocycles. The van der Waals surface area contributed by atoms with E-state index in [1.54, 1.807) is 37.6 Å². The van der Waals surface area contributed by atoms with E-state index < -0.39 is 17.7 Å². The average molecular weight is 426 g/mol. The number of carbonyl (C=O) groups excluding carboxylic acids is 3. The Morgan fingerprint density at radius 2 is 1.81 bits per heavy atom. The topological polar surface area (TPSA) is 81.8 Å². The number of rotatable bonds is 7. The lowest BCUT2D eigenvalue weighted by Crippen LogP contribution is -2.35. The zero-order valence-electron chi connectivity index (χ0n) is 17.8. The lowest BCUT2D eigenvalue weighted by atomic mass is 10.0. The molecular weight excluding hydrogens is 403 g/mol. The van der Waals surface area contributed by atoms with E-state index in [9.17, 15) is 18.8 Å². The van der Waals surface area contributed by atoms with Gasteiger partial charge >= 0.3 is 5.97 Å². The number of methoxy groups -OCH3 is 1. The highest BCUT2D eigenvalue weighted by molar-refractivity contribution is 6.06. The van der Waals surface area contributed by atoms with Gasteiger partial charge < -0.3 is 18.6 Å². The third-order valence-electron chi connectivity index (χ3n) is 5.23. The van der Waals surface area contributed by atoms with Crippen LogP contribution in [0.1, 0.15) is 48.2 Å². The number of benzene rings is 1. The zero-order valence-corrected chi connectivity index (χ0v) is 17.8. The Balaban J connectivity index is 1.94. The van der Waals surface area contributed by atoms with Crippen LogP contribution in [-0.2, 0) is 18.3 Å². The number of halogens is 1. The minimum Gasteiger partial charge on any atom is -0.467 e. The second-order valence-electron chi connectivity index (χ2n) is 7.16. The van der Waals surface area contributed by atoms with Crippen molar-refractivity contribution in [3.63, 3.8) is 0 Å². The zero-order chi connectivity index (χ0) is 22.7. The van der Waals surface area contributed by atoms with Crippen LogP contribution in [0.4, 0.5) is 4.39 Å². The van der Waals surface area contributed by atoms with Crippen LogP contribution in [0.2, 0.25) is 0 Å². The monoisotopic (exact) mass is 426 g/mol. The maximum Gasteiger partial charge on any atom is 0.354 e. The molecule has 2 aromatic heterocycles. The first kappa shape index (κ1) is 22.0. The molecule has 0 unspecified atom stereocenters. The summed E-state index contributed by atoms with van der Waals surface area (Å²) in [4.78, 5) is 39.8. The summed E-state index contributed by atoms with van der Waals surface area (Å²) in [5.74, 6) is -1.28. The van der Waals surface area contributed by atoms with Crippen LogP contribution in [-0.4, -0.2) is 40.8 Å². The summed E-state index contributed by atoms with van der Waals surface area (Å²) in [7, 11) is 2.95. The number of nitrogens with zero attached hydrogens (tertiary/aromatic N) is 2. The molecule has 31 heavy (non-hydrogen) atoms. The Morgan fingerprint density at radius 3 is 2.39 bits per heavy atom. The van der Waals surface area contributed by atoms with Crippen molar-refractivity contribution in [3.8, 4) is 0 Å². The van der Waals surface area contributed by atoms with E-state index in [1.165, 1.54) is 42.5 Å². The van der Waals surface area contributed by atoms with Gasteiger partial charge in [0.25, 0.3) is 5.91 Å². The maximum absolute atomic E-state index is 13.3. The number of ketones is 1. The van der Waals surface area contributed by atoms with Gasteiger partial charge in [0.15, 0.2) is 5.78 Å². The molecule has 7 nitrogen and oxygen atoms in total. The van der Waals surface area contributed by atoms with E-state index in [-0.39, 0.29) is 30.1 Å². The van der Waals surface area contributed by atoms with Gasteiger partial charge in [-0.3, -0.25) is 9.59 Å². The Bertz CT molecular complexity index is 1110. The molecule has 3 rings (SSSR count). The van der Waals surface area contributed by atoms with Gasteiger partial charge in [0, 0.05) is 23.9 Å². The first-order chi connectivity index (χ1) is 14.7. The summed E-state index contributed by atoms with van der Waals surface area (Å²) < 4.78 is 25.0. The van der Waals surface area contributed by atoms with Crippen LogP contribution in [0.25, 0.3) is 0 Å². The molecule has 0 N–H and O–H groups in total. The normalized spacial score (nSPS) is 10.7. The highest BCUT2D eigenvalue weighted by Crippen LogP contribution is 2.23. The molecule has 0 saturated carbocycles. The predicted molar refractivity (Wildman–Crippen MR) is 110 cm³/mol. The largest absolute Gasteiger partial charge is 0.467 e. The van der Waals surface area contributed by atoms with E-state index in [0.717, 1.165) is 0 Å². The predicted octanol–water partition coefficient (Wildman–Crippen LogP) is 3.69. The van der Waals surface area contributed by atoms with Crippen molar-refractivity contribution >= 4 is 17.7 Å². The van der Waals surface area contributed by atoms with E-state index in [4.69, 9.17) is 9.15 Å². The minimum atomic E-state index is -0.544. The van der Waals surface area contributed by atoms with Gasteiger partial charge in [-0.1, -0.05) is 0 Å². The number of carbonyl (C=O) groups is 3. The summed E-state index contributed by atoms with van der Waals surface area (Å²) in [5.41, 5.74) is 1.97. The van der Waals surface area contributed by atoms with Gasteiger partial charge in [-0.15, -0.1) is 0 Å². The molecule has 0 atom stereocenters.